The van der Waals surface area contributed by atoms with Gasteiger partial charge in [0.05, 0.1) is 0 Å². The fourth-order valence-corrected chi connectivity index (χ4v) is 3.04. The lowest BCUT2D eigenvalue weighted by Crippen LogP contribution is -2.07. The Hall–Kier alpha value is -1.41. The van der Waals surface area contributed by atoms with Crippen molar-refractivity contribution in [3.8, 4) is 0 Å². The van der Waals surface area contributed by atoms with Gasteiger partial charge < -0.3 is 10.6 Å². The molecule has 0 amide bonds. The third-order valence-corrected chi connectivity index (χ3v) is 4.45. The molecule has 18 heavy (non-hydrogen) atoms. The van der Waals surface area contributed by atoms with E-state index in [1.165, 1.54) is 23.1 Å². The first-order valence-corrected chi connectivity index (χ1v) is 6.90. The van der Waals surface area contributed by atoms with Crippen molar-refractivity contribution in [2.45, 2.75) is 23.2 Å². The van der Waals surface area contributed by atoms with E-state index in [9.17, 15) is 0 Å². The van der Waals surface area contributed by atoms with E-state index in [-0.39, 0.29) is 0 Å². The lowest BCUT2D eigenvalue weighted by atomic mass is 10.3. The number of nitrogens with zero attached hydrogens (tertiary/aromatic N) is 5. The molecule has 2 rings (SSSR count). The zero-order valence-electron chi connectivity index (χ0n) is 10.6. The zero-order chi connectivity index (χ0) is 13.3. The minimum Gasteiger partial charge on any atom is -0.383 e. The van der Waals surface area contributed by atoms with Crippen molar-refractivity contribution in [2.75, 3.05) is 24.7 Å². The quantitative estimate of drug-likeness (QED) is 0.859. The molecule has 0 spiro atoms. The highest BCUT2D eigenvalue weighted by Gasteiger charge is 2.12. The first-order valence-electron chi connectivity index (χ1n) is 5.26. The van der Waals surface area contributed by atoms with E-state index < -0.39 is 0 Å². The van der Waals surface area contributed by atoms with Gasteiger partial charge in [-0.2, -0.15) is 0 Å². The Balaban J connectivity index is 2.28. The summed E-state index contributed by atoms with van der Waals surface area (Å²) < 4.78 is 0.847. The van der Waals surface area contributed by atoms with Crippen LogP contribution in [0.4, 0.5) is 10.9 Å². The third-order valence-electron chi connectivity index (χ3n) is 2.21. The summed E-state index contributed by atoms with van der Waals surface area (Å²) in [5.41, 5.74) is 6.70. The minimum atomic E-state index is 0.516. The van der Waals surface area contributed by atoms with Gasteiger partial charge in [0.15, 0.2) is 4.34 Å². The van der Waals surface area contributed by atoms with E-state index in [1.54, 1.807) is 0 Å². The standard InChI is InChI=1S/C10H14N6S2/c1-5-7(11)12-6(2)13-8(5)17-10-15-14-9(18-10)16(3)4/h1-4H3,(H2,11,12,13). The van der Waals surface area contributed by atoms with Crippen LogP contribution in [0.2, 0.25) is 0 Å². The molecule has 2 aromatic rings. The van der Waals surface area contributed by atoms with E-state index in [0.717, 1.165) is 20.1 Å². The first-order chi connectivity index (χ1) is 8.47. The van der Waals surface area contributed by atoms with Gasteiger partial charge in [0, 0.05) is 19.7 Å². The van der Waals surface area contributed by atoms with E-state index in [4.69, 9.17) is 5.73 Å². The van der Waals surface area contributed by atoms with Gasteiger partial charge in [-0.1, -0.05) is 11.3 Å². The Morgan fingerprint density at radius 2 is 1.89 bits per heavy atom. The lowest BCUT2D eigenvalue weighted by molar-refractivity contribution is 0.938. The largest absolute Gasteiger partial charge is 0.383 e. The molecule has 0 saturated heterocycles. The van der Waals surface area contributed by atoms with Crippen LogP contribution >= 0.6 is 23.1 Å². The van der Waals surface area contributed by atoms with Crippen LogP contribution in [-0.2, 0) is 0 Å². The molecule has 2 N–H and O–H groups in total. The molecular weight excluding hydrogens is 268 g/mol. The smallest absolute Gasteiger partial charge is 0.208 e. The zero-order valence-corrected chi connectivity index (χ0v) is 12.3. The van der Waals surface area contributed by atoms with Crippen molar-refractivity contribution < 1.29 is 0 Å². The SMILES string of the molecule is Cc1nc(N)c(C)c(Sc2nnc(N(C)C)s2)n1. The topological polar surface area (TPSA) is 80.8 Å². The van der Waals surface area contributed by atoms with Crippen LogP contribution in [0.15, 0.2) is 9.37 Å². The molecule has 2 aromatic heterocycles. The van der Waals surface area contributed by atoms with Gasteiger partial charge in [-0.15, -0.1) is 10.2 Å². The minimum absolute atomic E-state index is 0.516. The molecule has 0 fully saturated rings. The maximum absolute atomic E-state index is 5.82. The van der Waals surface area contributed by atoms with Crippen molar-refractivity contribution >= 4 is 34.0 Å². The summed E-state index contributed by atoms with van der Waals surface area (Å²) in [5.74, 6) is 1.18. The Morgan fingerprint density at radius 3 is 2.50 bits per heavy atom. The highest BCUT2D eigenvalue weighted by Crippen LogP contribution is 2.34. The molecule has 0 radical (unpaired) electrons. The average Bonchev–Trinajstić information content (AvgIpc) is 2.74. The predicted octanol–water partition coefficient (Wildman–Crippen LogP) is 1.74. The molecule has 0 bridgehead atoms. The molecule has 0 atom stereocenters. The summed E-state index contributed by atoms with van der Waals surface area (Å²) in [6.07, 6.45) is 0. The number of rotatable bonds is 3. The molecule has 2 heterocycles. The van der Waals surface area contributed by atoms with Crippen molar-refractivity contribution in [2.24, 2.45) is 0 Å². The molecule has 0 aliphatic heterocycles. The van der Waals surface area contributed by atoms with Crippen molar-refractivity contribution in [3.05, 3.63) is 11.4 Å². The summed E-state index contributed by atoms with van der Waals surface area (Å²) in [7, 11) is 3.88. The Morgan fingerprint density at radius 1 is 1.17 bits per heavy atom. The second kappa shape index (κ2) is 5.07. The van der Waals surface area contributed by atoms with Crippen LogP contribution in [0, 0.1) is 13.8 Å². The maximum Gasteiger partial charge on any atom is 0.208 e. The monoisotopic (exact) mass is 282 g/mol. The molecule has 8 heteroatoms. The summed E-state index contributed by atoms with van der Waals surface area (Å²) >= 11 is 2.99. The molecular formula is C10H14N6S2. The normalized spacial score (nSPS) is 10.7. The maximum atomic E-state index is 5.82. The fraction of sp³-hybridized carbons (Fsp3) is 0.400. The summed E-state index contributed by atoms with van der Waals surface area (Å²) in [5, 5.41) is 9.91. The van der Waals surface area contributed by atoms with E-state index in [2.05, 4.69) is 20.2 Å². The van der Waals surface area contributed by atoms with Crippen LogP contribution in [0.3, 0.4) is 0 Å². The fourth-order valence-electron chi connectivity index (χ4n) is 1.23. The Kier molecular flexibility index (Phi) is 3.67. The summed E-state index contributed by atoms with van der Waals surface area (Å²) in [4.78, 5) is 10.4. The number of anilines is 2. The number of nitrogen functional groups attached to an aromatic ring is 1. The van der Waals surface area contributed by atoms with Crippen molar-refractivity contribution in [1.82, 2.24) is 20.2 Å². The third kappa shape index (κ3) is 2.70. The van der Waals surface area contributed by atoms with Crippen LogP contribution in [0.1, 0.15) is 11.4 Å². The summed E-state index contributed by atoms with van der Waals surface area (Å²) in [6, 6.07) is 0. The number of hydrogen-bond donors (Lipinski definition) is 1. The van der Waals surface area contributed by atoms with Crippen LogP contribution in [-0.4, -0.2) is 34.3 Å². The van der Waals surface area contributed by atoms with Gasteiger partial charge in [-0.3, -0.25) is 0 Å². The van der Waals surface area contributed by atoms with Crippen LogP contribution < -0.4 is 10.6 Å². The van der Waals surface area contributed by atoms with Crippen molar-refractivity contribution in [3.63, 3.8) is 0 Å². The van der Waals surface area contributed by atoms with Crippen LogP contribution in [0.25, 0.3) is 0 Å². The van der Waals surface area contributed by atoms with Crippen LogP contribution in [0.5, 0.6) is 0 Å². The molecule has 6 nitrogen and oxygen atoms in total. The Bertz CT molecular complexity index is 565. The average molecular weight is 282 g/mol. The van der Waals surface area contributed by atoms with Gasteiger partial charge in [0.1, 0.15) is 16.7 Å². The molecule has 0 aliphatic carbocycles. The molecule has 0 aromatic carbocycles. The number of aryl methyl sites for hydroxylation is 1. The van der Waals surface area contributed by atoms with E-state index in [0.29, 0.717) is 11.6 Å². The Labute approximate surface area is 114 Å². The van der Waals surface area contributed by atoms with E-state index in [1.807, 2.05) is 32.8 Å². The molecule has 96 valence electrons. The number of nitrogens with two attached hydrogens (primary N) is 1. The molecule has 0 aliphatic rings. The number of hydrogen-bond acceptors (Lipinski definition) is 8. The van der Waals surface area contributed by atoms with Gasteiger partial charge in [-0.05, 0) is 25.6 Å². The second-order valence-electron chi connectivity index (χ2n) is 3.93. The van der Waals surface area contributed by atoms with Crippen molar-refractivity contribution in [1.29, 1.82) is 0 Å². The predicted molar refractivity (Wildman–Crippen MR) is 74.3 cm³/mol. The summed E-state index contributed by atoms with van der Waals surface area (Å²) in [6.45, 7) is 3.73. The second-order valence-corrected chi connectivity index (χ2v) is 6.13. The molecule has 0 saturated carbocycles. The molecule has 0 unspecified atom stereocenters. The van der Waals surface area contributed by atoms with Gasteiger partial charge in [0.25, 0.3) is 0 Å². The number of aromatic nitrogens is 4. The first kappa shape index (κ1) is 13.0. The van der Waals surface area contributed by atoms with Gasteiger partial charge in [-0.25, -0.2) is 9.97 Å². The van der Waals surface area contributed by atoms with E-state index >= 15 is 0 Å². The van der Waals surface area contributed by atoms with Gasteiger partial charge in [0.2, 0.25) is 5.13 Å². The lowest BCUT2D eigenvalue weighted by Gasteiger charge is -2.06. The van der Waals surface area contributed by atoms with Gasteiger partial charge >= 0.3 is 0 Å². The highest BCUT2D eigenvalue weighted by molar-refractivity contribution is 8.01. The highest BCUT2D eigenvalue weighted by atomic mass is 32.2.